The lowest BCUT2D eigenvalue weighted by Gasteiger charge is -2.31. The predicted octanol–water partition coefficient (Wildman–Crippen LogP) is 2.85. The molecule has 0 amide bonds. The summed E-state index contributed by atoms with van der Waals surface area (Å²) in [4.78, 5) is 0. The van der Waals surface area contributed by atoms with Crippen LogP contribution in [0.3, 0.4) is 0 Å². The summed E-state index contributed by atoms with van der Waals surface area (Å²) in [5.41, 5.74) is 0. The van der Waals surface area contributed by atoms with Crippen molar-refractivity contribution in [2.75, 3.05) is 0 Å². The summed E-state index contributed by atoms with van der Waals surface area (Å²) in [5, 5.41) is 12.3. The van der Waals surface area contributed by atoms with E-state index in [0.29, 0.717) is 18.5 Å². The Balaban J connectivity index is 2.43. The van der Waals surface area contributed by atoms with Crippen molar-refractivity contribution in [3.63, 3.8) is 0 Å². The maximum Gasteiger partial charge on any atom is 0.0638 e. The molecular formula is C12H22N2. The summed E-state index contributed by atoms with van der Waals surface area (Å²) in [6.45, 7) is 4.32. The Bertz CT molecular complexity index is 187. The highest BCUT2D eigenvalue weighted by Crippen LogP contribution is 2.27. The van der Waals surface area contributed by atoms with Gasteiger partial charge in [-0.05, 0) is 18.8 Å². The van der Waals surface area contributed by atoms with E-state index in [1.165, 1.54) is 32.1 Å². The molecule has 0 aromatic carbocycles. The summed E-state index contributed by atoms with van der Waals surface area (Å²) in [7, 11) is 0. The van der Waals surface area contributed by atoms with Gasteiger partial charge in [-0.25, -0.2) is 0 Å². The van der Waals surface area contributed by atoms with Gasteiger partial charge in [-0.2, -0.15) is 5.26 Å². The third-order valence-electron chi connectivity index (χ3n) is 3.08. The van der Waals surface area contributed by atoms with Crippen molar-refractivity contribution in [1.29, 1.82) is 5.26 Å². The van der Waals surface area contributed by atoms with Crippen LogP contribution in [0, 0.1) is 17.2 Å². The molecule has 0 aliphatic heterocycles. The van der Waals surface area contributed by atoms with Crippen LogP contribution < -0.4 is 5.32 Å². The number of hydrogen-bond donors (Lipinski definition) is 1. The summed E-state index contributed by atoms with van der Waals surface area (Å²) >= 11 is 0. The molecule has 0 saturated heterocycles. The van der Waals surface area contributed by atoms with Crippen molar-refractivity contribution in [3.05, 3.63) is 0 Å². The summed E-state index contributed by atoms with van der Waals surface area (Å²) in [6, 6.07) is 3.23. The van der Waals surface area contributed by atoms with Crippen LogP contribution in [-0.2, 0) is 0 Å². The van der Waals surface area contributed by atoms with Gasteiger partial charge in [0.15, 0.2) is 0 Å². The molecule has 14 heavy (non-hydrogen) atoms. The van der Waals surface area contributed by atoms with E-state index in [9.17, 15) is 0 Å². The molecular weight excluding hydrogens is 172 g/mol. The molecule has 2 heteroatoms. The molecule has 2 nitrogen and oxygen atoms in total. The zero-order chi connectivity index (χ0) is 10.4. The Labute approximate surface area is 87.7 Å². The minimum absolute atomic E-state index is 0.431. The standard InChI is InChI=1S/C12H22N2/c1-10(2)14-12(8-9-13)11-6-4-3-5-7-11/h10-12,14H,3-8H2,1-2H3. The molecule has 1 rings (SSSR count). The lowest BCUT2D eigenvalue weighted by Crippen LogP contribution is -2.40. The first-order valence-corrected chi connectivity index (χ1v) is 5.87. The van der Waals surface area contributed by atoms with Gasteiger partial charge in [-0.3, -0.25) is 0 Å². The van der Waals surface area contributed by atoms with E-state index in [0.717, 1.165) is 5.92 Å². The summed E-state index contributed by atoms with van der Waals surface area (Å²) in [5.74, 6) is 0.741. The number of rotatable bonds is 4. The number of nitrogens with one attached hydrogen (secondary N) is 1. The third kappa shape index (κ3) is 3.67. The van der Waals surface area contributed by atoms with Gasteiger partial charge in [-0.1, -0.05) is 33.1 Å². The molecule has 80 valence electrons. The molecule has 0 heterocycles. The van der Waals surface area contributed by atoms with E-state index in [4.69, 9.17) is 5.26 Å². The average molecular weight is 194 g/mol. The third-order valence-corrected chi connectivity index (χ3v) is 3.08. The van der Waals surface area contributed by atoms with Crippen LogP contribution in [0.5, 0.6) is 0 Å². The van der Waals surface area contributed by atoms with E-state index < -0.39 is 0 Å². The average Bonchev–Trinajstić information content (AvgIpc) is 2.18. The lowest BCUT2D eigenvalue weighted by molar-refractivity contribution is 0.259. The molecule has 1 atom stereocenters. The van der Waals surface area contributed by atoms with Crippen molar-refractivity contribution in [2.24, 2.45) is 5.92 Å². The number of nitrogens with zero attached hydrogens (tertiary/aromatic N) is 1. The second-order valence-electron chi connectivity index (χ2n) is 4.69. The van der Waals surface area contributed by atoms with E-state index in [2.05, 4.69) is 25.2 Å². The largest absolute Gasteiger partial charge is 0.310 e. The normalized spacial score (nSPS) is 20.7. The zero-order valence-electron chi connectivity index (χ0n) is 9.42. The fourth-order valence-corrected chi connectivity index (χ4v) is 2.42. The van der Waals surface area contributed by atoms with E-state index in [-0.39, 0.29) is 0 Å². The second-order valence-corrected chi connectivity index (χ2v) is 4.69. The minimum Gasteiger partial charge on any atom is -0.310 e. The Hall–Kier alpha value is -0.550. The quantitative estimate of drug-likeness (QED) is 0.747. The van der Waals surface area contributed by atoms with Gasteiger partial charge in [0.25, 0.3) is 0 Å². The van der Waals surface area contributed by atoms with Crippen molar-refractivity contribution in [3.8, 4) is 6.07 Å². The Morgan fingerprint density at radius 2 is 1.93 bits per heavy atom. The SMILES string of the molecule is CC(C)NC(CC#N)C1CCCCC1. The van der Waals surface area contributed by atoms with Crippen molar-refractivity contribution >= 4 is 0 Å². The molecule has 0 spiro atoms. The molecule has 1 aliphatic rings. The van der Waals surface area contributed by atoms with E-state index in [1.807, 2.05) is 0 Å². The number of hydrogen-bond acceptors (Lipinski definition) is 2. The van der Waals surface area contributed by atoms with Crippen LogP contribution in [0.2, 0.25) is 0 Å². The second kappa shape index (κ2) is 6.03. The van der Waals surface area contributed by atoms with Gasteiger partial charge >= 0.3 is 0 Å². The maximum absolute atomic E-state index is 8.79. The molecule has 1 unspecified atom stereocenters. The molecule has 0 aromatic rings. The molecule has 1 saturated carbocycles. The van der Waals surface area contributed by atoms with Gasteiger partial charge in [0.05, 0.1) is 12.5 Å². The Morgan fingerprint density at radius 3 is 2.43 bits per heavy atom. The molecule has 0 radical (unpaired) electrons. The van der Waals surface area contributed by atoms with Gasteiger partial charge in [-0.15, -0.1) is 0 Å². The number of nitriles is 1. The van der Waals surface area contributed by atoms with E-state index in [1.54, 1.807) is 0 Å². The zero-order valence-corrected chi connectivity index (χ0v) is 9.42. The summed E-state index contributed by atoms with van der Waals surface area (Å²) in [6.07, 6.45) is 7.39. The monoisotopic (exact) mass is 194 g/mol. The molecule has 0 bridgehead atoms. The Kier molecular flexibility index (Phi) is 4.97. The van der Waals surface area contributed by atoms with Gasteiger partial charge in [0.1, 0.15) is 0 Å². The highest BCUT2D eigenvalue weighted by atomic mass is 14.9. The van der Waals surface area contributed by atoms with Gasteiger partial charge in [0.2, 0.25) is 0 Å². The molecule has 0 aromatic heterocycles. The highest BCUT2D eigenvalue weighted by Gasteiger charge is 2.23. The lowest BCUT2D eigenvalue weighted by atomic mass is 9.82. The first-order chi connectivity index (χ1) is 6.74. The molecule has 1 N–H and O–H groups in total. The van der Waals surface area contributed by atoms with Crippen LogP contribution in [0.1, 0.15) is 52.4 Å². The van der Waals surface area contributed by atoms with Crippen molar-refractivity contribution in [1.82, 2.24) is 5.32 Å². The van der Waals surface area contributed by atoms with Crippen LogP contribution in [0.4, 0.5) is 0 Å². The van der Waals surface area contributed by atoms with Crippen LogP contribution in [-0.4, -0.2) is 12.1 Å². The smallest absolute Gasteiger partial charge is 0.0638 e. The fraction of sp³-hybridized carbons (Fsp3) is 0.917. The summed E-state index contributed by atoms with van der Waals surface area (Å²) < 4.78 is 0. The molecule has 1 aliphatic carbocycles. The van der Waals surface area contributed by atoms with Crippen molar-refractivity contribution in [2.45, 2.75) is 64.5 Å². The predicted molar refractivity (Wildman–Crippen MR) is 58.9 cm³/mol. The van der Waals surface area contributed by atoms with Crippen LogP contribution in [0.25, 0.3) is 0 Å². The maximum atomic E-state index is 8.79. The van der Waals surface area contributed by atoms with Crippen molar-refractivity contribution < 1.29 is 0 Å². The first-order valence-electron chi connectivity index (χ1n) is 5.87. The highest BCUT2D eigenvalue weighted by molar-refractivity contribution is 4.87. The van der Waals surface area contributed by atoms with Gasteiger partial charge < -0.3 is 5.32 Å². The van der Waals surface area contributed by atoms with Crippen LogP contribution >= 0.6 is 0 Å². The topological polar surface area (TPSA) is 35.8 Å². The minimum atomic E-state index is 0.431. The fourth-order valence-electron chi connectivity index (χ4n) is 2.42. The van der Waals surface area contributed by atoms with Crippen LogP contribution in [0.15, 0.2) is 0 Å². The first kappa shape index (κ1) is 11.5. The molecule has 1 fully saturated rings. The Morgan fingerprint density at radius 1 is 1.29 bits per heavy atom. The van der Waals surface area contributed by atoms with Gasteiger partial charge in [0, 0.05) is 12.1 Å². The van der Waals surface area contributed by atoms with E-state index >= 15 is 0 Å².